The summed E-state index contributed by atoms with van der Waals surface area (Å²) in [5.41, 5.74) is 2.90. The van der Waals surface area contributed by atoms with Crippen molar-refractivity contribution in [2.45, 2.75) is 19.9 Å². The van der Waals surface area contributed by atoms with Gasteiger partial charge in [-0.25, -0.2) is 4.39 Å². The highest BCUT2D eigenvalue weighted by molar-refractivity contribution is 14.1. The highest BCUT2D eigenvalue weighted by Crippen LogP contribution is 2.26. The molecule has 19 heavy (non-hydrogen) atoms. The Balaban J connectivity index is 2.22. The fraction of sp³-hybridized carbons (Fsp3) is 0.200. The van der Waals surface area contributed by atoms with Gasteiger partial charge in [-0.2, -0.15) is 0 Å². The van der Waals surface area contributed by atoms with Gasteiger partial charge < -0.3 is 5.32 Å². The average Bonchev–Trinajstić information content (AvgIpc) is 2.36. The van der Waals surface area contributed by atoms with Crippen LogP contribution in [0, 0.1) is 16.3 Å². The molecule has 0 aliphatic carbocycles. The van der Waals surface area contributed by atoms with Crippen LogP contribution in [0.2, 0.25) is 0 Å². The van der Waals surface area contributed by atoms with Gasteiger partial charge in [0.2, 0.25) is 0 Å². The first-order valence-electron chi connectivity index (χ1n) is 5.95. The number of halogens is 3. The van der Waals surface area contributed by atoms with Gasteiger partial charge in [0.05, 0.1) is 6.04 Å². The van der Waals surface area contributed by atoms with Crippen LogP contribution in [0.3, 0.4) is 0 Å². The highest BCUT2D eigenvalue weighted by Gasteiger charge is 2.11. The molecule has 0 radical (unpaired) electrons. The maximum atomic E-state index is 13.8. The van der Waals surface area contributed by atoms with Gasteiger partial charge in [0, 0.05) is 19.3 Å². The fourth-order valence-corrected chi connectivity index (χ4v) is 2.75. The Kier molecular flexibility index (Phi) is 4.84. The third-order valence-electron chi connectivity index (χ3n) is 2.98. The molecule has 1 unspecified atom stereocenters. The van der Waals surface area contributed by atoms with Gasteiger partial charge in [-0.15, -0.1) is 0 Å². The zero-order valence-electron chi connectivity index (χ0n) is 10.7. The summed E-state index contributed by atoms with van der Waals surface area (Å²) in [5, 5.41) is 3.33. The van der Waals surface area contributed by atoms with Crippen LogP contribution in [0.1, 0.15) is 24.1 Å². The molecule has 0 saturated heterocycles. The molecule has 0 fully saturated rings. The second-order valence-corrected chi connectivity index (χ2v) is 6.57. The minimum Gasteiger partial charge on any atom is -0.378 e. The van der Waals surface area contributed by atoms with Crippen molar-refractivity contribution in [1.29, 1.82) is 0 Å². The largest absolute Gasteiger partial charge is 0.378 e. The van der Waals surface area contributed by atoms with E-state index in [0.717, 1.165) is 10.2 Å². The number of rotatable bonds is 3. The summed E-state index contributed by atoms with van der Waals surface area (Å²) >= 11 is 5.68. The van der Waals surface area contributed by atoms with E-state index < -0.39 is 0 Å². The summed E-state index contributed by atoms with van der Waals surface area (Å²) in [7, 11) is 0. The van der Waals surface area contributed by atoms with Crippen LogP contribution in [0.4, 0.5) is 10.1 Å². The molecule has 1 nitrogen and oxygen atoms in total. The Hall–Kier alpha value is -0.620. The second kappa shape index (κ2) is 6.22. The lowest BCUT2D eigenvalue weighted by atomic mass is 10.1. The Morgan fingerprint density at radius 1 is 1.21 bits per heavy atom. The Morgan fingerprint density at radius 3 is 2.63 bits per heavy atom. The normalized spacial score (nSPS) is 12.3. The molecule has 0 aliphatic heterocycles. The van der Waals surface area contributed by atoms with Crippen LogP contribution < -0.4 is 5.32 Å². The molecule has 0 aromatic heterocycles. The van der Waals surface area contributed by atoms with Crippen molar-refractivity contribution in [3.05, 3.63) is 61.4 Å². The van der Waals surface area contributed by atoms with E-state index in [1.807, 2.05) is 19.1 Å². The summed E-state index contributed by atoms with van der Waals surface area (Å²) < 4.78 is 15.9. The van der Waals surface area contributed by atoms with Crippen molar-refractivity contribution in [2.24, 2.45) is 0 Å². The zero-order chi connectivity index (χ0) is 14.0. The number of aryl methyl sites for hydroxylation is 1. The molecule has 1 atom stereocenters. The van der Waals surface area contributed by atoms with Gasteiger partial charge in [-0.3, -0.25) is 0 Å². The molecule has 100 valence electrons. The summed E-state index contributed by atoms with van der Waals surface area (Å²) in [5.74, 6) is -0.190. The van der Waals surface area contributed by atoms with E-state index in [9.17, 15) is 4.39 Å². The summed E-state index contributed by atoms with van der Waals surface area (Å²) in [6, 6.07) is 11.1. The number of nitrogens with one attached hydrogen (secondary N) is 1. The highest BCUT2D eigenvalue weighted by atomic mass is 127. The third kappa shape index (κ3) is 3.69. The van der Waals surface area contributed by atoms with Crippen LogP contribution in [0.5, 0.6) is 0 Å². The van der Waals surface area contributed by atoms with Crippen molar-refractivity contribution >= 4 is 44.2 Å². The predicted molar refractivity (Wildman–Crippen MR) is 90.0 cm³/mol. The van der Waals surface area contributed by atoms with Crippen LogP contribution >= 0.6 is 38.5 Å². The second-order valence-electron chi connectivity index (χ2n) is 4.50. The summed E-state index contributed by atoms with van der Waals surface area (Å²) in [6.45, 7) is 4.03. The number of hydrogen-bond acceptors (Lipinski definition) is 1. The van der Waals surface area contributed by atoms with Gasteiger partial charge in [0.25, 0.3) is 0 Å². The minimum absolute atomic E-state index is 0.0870. The van der Waals surface area contributed by atoms with Crippen molar-refractivity contribution in [3.63, 3.8) is 0 Å². The van der Waals surface area contributed by atoms with E-state index in [-0.39, 0.29) is 11.9 Å². The van der Waals surface area contributed by atoms with Crippen LogP contribution in [0.25, 0.3) is 0 Å². The summed E-state index contributed by atoms with van der Waals surface area (Å²) in [6.07, 6.45) is 0. The van der Waals surface area contributed by atoms with Crippen LogP contribution in [0.15, 0.2) is 40.9 Å². The van der Waals surface area contributed by atoms with Crippen molar-refractivity contribution in [3.8, 4) is 0 Å². The number of benzene rings is 2. The van der Waals surface area contributed by atoms with Gasteiger partial charge in [-0.1, -0.05) is 22.0 Å². The van der Waals surface area contributed by atoms with Crippen molar-refractivity contribution in [2.75, 3.05) is 5.32 Å². The van der Waals surface area contributed by atoms with Gasteiger partial charge in [0.15, 0.2) is 0 Å². The van der Waals surface area contributed by atoms with E-state index in [1.165, 1.54) is 15.2 Å². The number of hydrogen-bond donors (Lipinski definition) is 1. The predicted octanol–water partition coefficient (Wildman–Crippen LogP) is 5.67. The number of anilines is 1. The molecule has 0 amide bonds. The van der Waals surface area contributed by atoms with Crippen LogP contribution in [-0.2, 0) is 0 Å². The molecule has 2 aromatic carbocycles. The van der Waals surface area contributed by atoms with Crippen LogP contribution in [-0.4, -0.2) is 0 Å². The van der Waals surface area contributed by atoms with E-state index in [4.69, 9.17) is 0 Å². The topological polar surface area (TPSA) is 12.0 Å². The van der Waals surface area contributed by atoms with E-state index in [2.05, 4.69) is 62.9 Å². The van der Waals surface area contributed by atoms with Gasteiger partial charge >= 0.3 is 0 Å². The summed E-state index contributed by atoms with van der Waals surface area (Å²) in [4.78, 5) is 0. The quantitative estimate of drug-likeness (QED) is 0.614. The molecule has 0 spiro atoms. The maximum absolute atomic E-state index is 13.8. The molecule has 0 heterocycles. The monoisotopic (exact) mass is 433 g/mol. The third-order valence-corrected chi connectivity index (χ3v) is 4.64. The average molecular weight is 434 g/mol. The molecule has 1 N–H and O–H groups in total. The molecule has 0 bridgehead atoms. The van der Waals surface area contributed by atoms with E-state index in [0.29, 0.717) is 5.56 Å². The first-order chi connectivity index (χ1) is 8.97. The van der Waals surface area contributed by atoms with Crippen molar-refractivity contribution in [1.82, 2.24) is 0 Å². The van der Waals surface area contributed by atoms with Gasteiger partial charge in [0.1, 0.15) is 5.82 Å². The standard InChI is InChI=1S/C15H14BrFIN/c1-9-3-5-12(8-15(9)18)19-10(2)13-7-11(16)4-6-14(13)17/h3-8,10,19H,1-2H3. The lowest BCUT2D eigenvalue weighted by Gasteiger charge is -2.17. The van der Waals surface area contributed by atoms with Crippen molar-refractivity contribution < 1.29 is 4.39 Å². The molecule has 2 rings (SSSR count). The minimum atomic E-state index is -0.190. The fourth-order valence-electron chi connectivity index (χ4n) is 1.86. The lowest BCUT2D eigenvalue weighted by molar-refractivity contribution is 0.600. The molecular formula is C15H14BrFIN. The van der Waals surface area contributed by atoms with Gasteiger partial charge in [-0.05, 0) is 72.3 Å². The molecule has 2 aromatic rings. The van der Waals surface area contributed by atoms with E-state index >= 15 is 0 Å². The molecule has 4 heteroatoms. The lowest BCUT2D eigenvalue weighted by Crippen LogP contribution is -2.08. The van der Waals surface area contributed by atoms with E-state index in [1.54, 1.807) is 6.07 Å². The molecular weight excluding hydrogens is 420 g/mol. The SMILES string of the molecule is Cc1ccc(NC(C)c2cc(Br)ccc2F)cc1I. The smallest absolute Gasteiger partial charge is 0.128 e. The first-order valence-corrected chi connectivity index (χ1v) is 7.82. The maximum Gasteiger partial charge on any atom is 0.128 e. The Morgan fingerprint density at radius 2 is 1.95 bits per heavy atom. The Labute approximate surface area is 134 Å². The zero-order valence-corrected chi connectivity index (χ0v) is 14.4. The molecule has 0 saturated carbocycles. The molecule has 0 aliphatic rings. The first kappa shape index (κ1) is 14.8. The Bertz CT molecular complexity index is 601.